The van der Waals surface area contributed by atoms with E-state index in [9.17, 15) is 9.59 Å². The third-order valence-corrected chi connectivity index (χ3v) is 2.77. The highest BCUT2D eigenvalue weighted by Crippen LogP contribution is 2.02. The van der Waals surface area contributed by atoms with Gasteiger partial charge in [0.2, 0.25) is 0 Å². The van der Waals surface area contributed by atoms with Gasteiger partial charge >= 0.3 is 6.03 Å². The zero-order valence-electron chi connectivity index (χ0n) is 10.0. The minimum absolute atomic E-state index is 0.00340. The van der Waals surface area contributed by atoms with Gasteiger partial charge in [-0.3, -0.25) is 4.79 Å². The molecule has 2 N–H and O–H groups in total. The molecule has 1 fully saturated rings. The Labute approximate surface area is 106 Å². The first-order valence-electron chi connectivity index (χ1n) is 5.96. The zero-order valence-corrected chi connectivity index (χ0v) is 10.0. The van der Waals surface area contributed by atoms with Crippen molar-refractivity contribution < 1.29 is 14.3 Å². The van der Waals surface area contributed by atoms with Gasteiger partial charge in [-0.1, -0.05) is 30.3 Å². The second kappa shape index (κ2) is 6.16. The average Bonchev–Trinajstić information content (AvgIpc) is 2.90. The number of ketones is 1. The van der Waals surface area contributed by atoms with Crippen LogP contribution in [0.25, 0.3) is 0 Å². The monoisotopic (exact) mass is 248 g/mol. The topological polar surface area (TPSA) is 67.4 Å². The number of carbonyl (C=O) groups is 2. The Morgan fingerprint density at radius 3 is 2.72 bits per heavy atom. The van der Waals surface area contributed by atoms with Gasteiger partial charge < -0.3 is 15.4 Å². The minimum Gasteiger partial charge on any atom is -0.379 e. The largest absolute Gasteiger partial charge is 0.379 e. The number of hydrogen-bond acceptors (Lipinski definition) is 3. The third-order valence-electron chi connectivity index (χ3n) is 2.77. The van der Waals surface area contributed by atoms with E-state index in [0.29, 0.717) is 18.8 Å². The summed E-state index contributed by atoms with van der Waals surface area (Å²) >= 11 is 0. The van der Waals surface area contributed by atoms with Gasteiger partial charge in [-0.25, -0.2) is 4.79 Å². The highest BCUT2D eigenvalue weighted by Gasteiger charge is 2.17. The summed E-state index contributed by atoms with van der Waals surface area (Å²) in [6.45, 7) is 1.22. The Morgan fingerprint density at radius 2 is 2.06 bits per heavy atom. The van der Waals surface area contributed by atoms with Gasteiger partial charge in [-0.2, -0.15) is 0 Å². The molecule has 1 aliphatic heterocycles. The molecular formula is C13H16N2O3. The van der Waals surface area contributed by atoms with Crippen molar-refractivity contribution >= 4 is 11.8 Å². The molecule has 0 aromatic heterocycles. The first-order chi connectivity index (χ1) is 8.75. The van der Waals surface area contributed by atoms with Gasteiger partial charge in [0, 0.05) is 12.2 Å². The van der Waals surface area contributed by atoms with Crippen LogP contribution in [-0.4, -0.2) is 37.6 Å². The van der Waals surface area contributed by atoms with Crippen molar-refractivity contribution in [2.45, 2.75) is 12.5 Å². The van der Waals surface area contributed by atoms with Crippen LogP contribution in [0.4, 0.5) is 4.79 Å². The molecule has 2 rings (SSSR count). The summed E-state index contributed by atoms with van der Waals surface area (Å²) in [6, 6.07) is 8.62. The van der Waals surface area contributed by atoms with Crippen LogP contribution < -0.4 is 10.6 Å². The molecule has 5 heteroatoms. The fraction of sp³-hybridized carbons (Fsp3) is 0.385. The van der Waals surface area contributed by atoms with Gasteiger partial charge in [0.25, 0.3) is 0 Å². The van der Waals surface area contributed by atoms with E-state index in [4.69, 9.17) is 4.74 Å². The molecule has 0 radical (unpaired) electrons. The normalized spacial score (nSPS) is 18.3. The molecule has 1 atom stereocenters. The number of carbonyl (C=O) groups excluding carboxylic acids is 2. The molecule has 1 aromatic rings. The molecule has 1 aromatic carbocycles. The summed E-state index contributed by atoms with van der Waals surface area (Å²) in [7, 11) is 0. The van der Waals surface area contributed by atoms with Crippen LogP contribution in [0.3, 0.4) is 0 Å². The molecule has 1 heterocycles. The maximum atomic E-state index is 11.7. The van der Waals surface area contributed by atoms with E-state index >= 15 is 0 Å². The third kappa shape index (κ3) is 3.56. The lowest BCUT2D eigenvalue weighted by atomic mass is 10.1. The van der Waals surface area contributed by atoms with Crippen LogP contribution in [0.5, 0.6) is 0 Å². The van der Waals surface area contributed by atoms with Crippen LogP contribution in [0, 0.1) is 0 Å². The van der Waals surface area contributed by atoms with Gasteiger partial charge in [0.05, 0.1) is 19.2 Å². The summed E-state index contributed by atoms with van der Waals surface area (Å²) in [5, 5.41) is 5.31. The Hall–Kier alpha value is -1.88. The van der Waals surface area contributed by atoms with Crippen molar-refractivity contribution in [1.29, 1.82) is 0 Å². The van der Waals surface area contributed by atoms with E-state index in [0.717, 1.165) is 6.42 Å². The highest BCUT2D eigenvalue weighted by molar-refractivity contribution is 5.99. The SMILES string of the molecule is O=C(NCC(=O)c1ccccc1)NC1CCOC1. The lowest BCUT2D eigenvalue weighted by Crippen LogP contribution is -2.44. The molecule has 0 aliphatic carbocycles. The summed E-state index contributed by atoms with van der Waals surface area (Å²) in [5.74, 6) is -0.103. The number of benzene rings is 1. The van der Waals surface area contributed by atoms with E-state index in [1.54, 1.807) is 24.3 Å². The summed E-state index contributed by atoms with van der Waals surface area (Å²) in [6.07, 6.45) is 0.819. The smallest absolute Gasteiger partial charge is 0.315 e. The van der Waals surface area contributed by atoms with Crippen molar-refractivity contribution in [3.63, 3.8) is 0 Å². The Bertz CT molecular complexity index is 414. The van der Waals surface area contributed by atoms with Crippen LogP contribution >= 0.6 is 0 Å². The standard InChI is InChI=1S/C13H16N2O3/c16-12(10-4-2-1-3-5-10)8-14-13(17)15-11-6-7-18-9-11/h1-5,11H,6-9H2,(H2,14,15,17). The van der Waals surface area contributed by atoms with E-state index < -0.39 is 0 Å². The summed E-state index contributed by atoms with van der Waals surface area (Å²) in [5.41, 5.74) is 0.599. The molecule has 1 aliphatic rings. The van der Waals surface area contributed by atoms with Gasteiger partial charge in [-0.05, 0) is 6.42 Å². The number of nitrogens with one attached hydrogen (secondary N) is 2. The van der Waals surface area contributed by atoms with Gasteiger partial charge in [0.15, 0.2) is 5.78 Å². The predicted octanol–water partition coefficient (Wildman–Crippen LogP) is 0.957. The van der Waals surface area contributed by atoms with Gasteiger partial charge in [0.1, 0.15) is 0 Å². The van der Waals surface area contributed by atoms with Crippen LogP contribution in [0.15, 0.2) is 30.3 Å². The number of urea groups is 1. The number of ether oxygens (including phenoxy) is 1. The van der Waals surface area contributed by atoms with E-state index in [2.05, 4.69) is 10.6 Å². The first kappa shape index (κ1) is 12.6. The quantitative estimate of drug-likeness (QED) is 0.780. The summed E-state index contributed by atoms with van der Waals surface area (Å²) < 4.78 is 5.14. The van der Waals surface area contributed by atoms with E-state index in [1.807, 2.05) is 6.07 Å². The molecule has 5 nitrogen and oxygen atoms in total. The molecule has 18 heavy (non-hydrogen) atoms. The average molecular weight is 248 g/mol. The van der Waals surface area contributed by atoms with Crippen molar-refractivity contribution in [3.05, 3.63) is 35.9 Å². The number of rotatable bonds is 4. The Morgan fingerprint density at radius 1 is 1.28 bits per heavy atom. The fourth-order valence-electron chi connectivity index (χ4n) is 1.77. The van der Waals surface area contributed by atoms with Crippen LogP contribution in [0.2, 0.25) is 0 Å². The Kier molecular flexibility index (Phi) is 4.30. The first-order valence-corrected chi connectivity index (χ1v) is 5.96. The molecule has 0 spiro atoms. The van der Waals surface area contributed by atoms with Crippen molar-refractivity contribution in [3.8, 4) is 0 Å². The van der Waals surface area contributed by atoms with E-state index in [-0.39, 0.29) is 24.4 Å². The van der Waals surface area contributed by atoms with Crippen LogP contribution in [0.1, 0.15) is 16.8 Å². The molecule has 96 valence electrons. The van der Waals surface area contributed by atoms with Crippen LogP contribution in [-0.2, 0) is 4.74 Å². The fourth-order valence-corrected chi connectivity index (χ4v) is 1.77. The lowest BCUT2D eigenvalue weighted by molar-refractivity contribution is 0.0992. The predicted molar refractivity (Wildman–Crippen MR) is 66.5 cm³/mol. The molecule has 1 saturated heterocycles. The minimum atomic E-state index is -0.324. The molecule has 1 unspecified atom stereocenters. The highest BCUT2D eigenvalue weighted by atomic mass is 16.5. The second-order valence-corrected chi connectivity index (χ2v) is 4.18. The maximum Gasteiger partial charge on any atom is 0.315 e. The zero-order chi connectivity index (χ0) is 12.8. The van der Waals surface area contributed by atoms with Gasteiger partial charge in [-0.15, -0.1) is 0 Å². The van der Waals surface area contributed by atoms with Crippen molar-refractivity contribution in [2.24, 2.45) is 0 Å². The molecule has 2 amide bonds. The molecular weight excluding hydrogens is 232 g/mol. The number of hydrogen-bond donors (Lipinski definition) is 2. The molecule has 0 bridgehead atoms. The van der Waals surface area contributed by atoms with E-state index in [1.165, 1.54) is 0 Å². The lowest BCUT2D eigenvalue weighted by Gasteiger charge is -2.11. The summed E-state index contributed by atoms with van der Waals surface area (Å²) in [4.78, 5) is 23.2. The number of amides is 2. The van der Waals surface area contributed by atoms with Crippen molar-refractivity contribution in [1.82, 2.24) is 10.6 Å². The van der Waals surface area contributed by atoms with Crippen molar-refractivity contribution in [2.75, 3.05) is 19.8 Å². The Balaban J connectivity index is 1.74. The molecule has 0 saturated carbocycles. The maximum absolute atomic E-state index is 11.7. The second-order valence-electron chi connectivity index (χ2n) is 4.18. The number of Topliss-reactive ketones (excluding diaryl/α,β-unsaturated/α-hetero) is 1.